The first-order chi connectivity index (χ1) is 16.9. The summed E-state index contributed by atoms with van der Waals surface area (Å²) in [5, 5.41) is 3.30. The number of hydrogen-bond acceptors (Lipinski definition) is 5. The number of nitrogens with zero attached hydrogens (tertiary/aromatic N) is 3. The topological polar surface area (TPSA) is 50.3 Å². The van der Waals surface area contributed by atoms with E-state index in [2.05, 4.69) is 15.3 Å². The van der Waals surface area contributed by atoms with E-state index >= 15 is 0 Å². The summed E-state index contributed by atoms with van der Waals surface area (Å²) in [7, 11) is 0. The highest BCUT2D eigenvalue weighted by Gasteiger charge is 2.26. The normalized spacial score (nSPS) is 16.3. The summed E-state index contributed by atoms with van der Waals surface area (Å²) >= 11 is 0. The van der Waals surface area contributed by atoms with Crippen molar-refractivity contribution in [3.63, 3.8) is 0 Å². The molecule has 5 nitrogen and oxygen atoms in total. The van der Waals surface area contributed by atoms with Gasteiger partial charge in [-0.25, -0.2) is 23.1 Å². The van der Waals surface area contributed by atoms with E-state index in [1.165, 1.54) is 12.1 Å². The second kappa shape index (κ2) is 9.85. The van der Waals surface area contributed by atoms with Crippen molar-refractivity contribution >= 4 is 5.69 Å². The van der Waals surface area contributed by atoms with Crippen LogP contribution in [-0.4, -0.2) is 42.3 Å². The van der Waals surface area contributed by atoms with Crippen LogP contribution in [0.3, 0.4) is 0 Å². The van der Waals surface area contributed by atoms with Crippen LogP contribution in [0.15, 0.2) is 36.5 Å². The molecule has 35 heavy (non-hydrogen) atoms. The fraction of sp³-hybridized carbons (Fsp3) is 0.407. The number of aromatic nitrogens is 2. The van der Waals surface area contributed by atoms with Crippen LogP contribution in [0, 0.1) is 17.5 Å². The van der Waals surface area contributed by atoms with Gasteiger partial charge in [0, 0.05) is 18.0 Å². The van der Waals surface area contributed by atoms with E-state index in [4.69, 9.17) is 4.74 Å². The molecule has 1 fully saturated rings. The van der Waals surface area contributed by atoms with Gasteiger partial charge in [-0.1, -0.05) is 12.1 Å². The Labute approximate surface area is 203 Å². The van der Waals surface area contributed by atoms with Crippen LogP contribution in [0.2, 0.25) is 0 Å². The average molecular weight is 483 g/mol. The predicted molar refractivity (Wildman–Crippen MR) is 129 cm³/mol. The molecule has 0 aliphatic carbocycles. The van der Waals surface area contributed by atoms with Crippen LogP contribution >= 0.6 is 0 Å². The first-order valence-corrected chi connectivity index (χ1v) is 12.1. The lowest BCUT2D eigenvalue weighted by molar-refractivity contribution is 0.287. The van der Waals surface area contributed by atoms with Gasteiger partial charge in [0.2, 0.25) is 0 Å². The molecule has 1 saturated heterocycles. The number of hydrogen-bond donors (Lipinski definition) is 1. The first-order valence-electron chi connectivity index (χ1n) is 12.1. The molecule has 3 aromatic rings. The number of ether oxygens (including phenoxy) is 1. The van der Waals surface area contributed by atoms with Gasteiger partial charge < -0.3 is 15.0 Å². The number of nitrogens with one attached hydrogen (secondary N) is 1. The van der Waals surface area contributed by atoms with Crippen molar-refractivity contribution in [2.24, 2.45) is 0 Å². The average Bonchev–Trinajstić information content (AvgIpc) is 2.85. The zero-order chi connectivity index (χ0) is 24.5. The lowest BCUT2D eigenvalue weighted by Gasteiger charge is -2.34. The SMILES string of the molecule is CC(C)N1CCOc2c(F)cc(-c3nc(Cc4ccc(C5CCNCC5)c(F)c4)ncc3F)cc21. The van der Waals surface area contributed by atoms with Gasteiger partial charge in [-0.3, -0.25) is 0 Å². The molecule has 0 amide bonds. The fourth-order valence-corrected chi connectivity index (χ4v) is 4.99. The minimum Gasteiger partial charge on any atom is -0.486 e. The minimum atomic E-state index is -0.645. The Balaban J connectivity index is 1.43. The number of halogens is 3. The fourth-order valence-electron chi connectivity index (χ4n) is 4.99. The molecule has 2 aromatic carbocycles. The maximum absolute atomic E-state index is 14.9. The molecule has 3 heterocycles. The molecular weight excluding hydrogens is 453 g/mol. The molecule has 0 unspecified atom stereocenters. The van der Waals surface area contributed by atoms with Gasteiger partial charge in [0.05, 0.1) is 18.4 Å². The molecule has 0 radical (unpaired) electrons. The lowest BCUT2D eigenvalue weighted by Crippen LogP contribution is -2.38. The maximum Gasteiger partial charge on any atom is 0.178 e. The van der Waals surface area contributed by atoms with Gasteiger partial charge in [-0.2, -0.15) is 0 Å². The second-order valence-electron chi connectivity index (χ2n) is 9.48. The molecular formula is C27H29F3N4O. The molecule has 1 aromatic heterocycles. The van der Waals surface area contributed by atoms with E-state index in [1.807, 2.05) is 30.9 Å². The van der Waals surface area contributed by atoms with Gasteiger partial charge in [-0.15, -0.1) is 0 Å². The number of piperidine rings is 1. The van der Waals surface area contributed by atoms with Crippen molar-refractivity contribution in [1.82, 2.24) is 15.3 Å². The monoisotopic (exact) mass is 482 g/mol. The van der Waals surface area contributed by atoms with Gasteiger partial charge in [0.15, 0.2) is 17.4 Å². The summed E-state index contributed by atoms with van der Waals surface area (Å²) in [4.78, 5) is 10.5. The Morgan fingerprint density at radius 1 is 1.06 bits per heavy atom. The number of benzene rings is 2. The van der Waals surface area contributed by atoms with Gasteiger partial charge in [-0.05, 0) is 75.0 Å². The molecule has 0 spiro atoms. The van der Waals surface area contributed by atoms with Crippen LogP contribution < -0.4 is 15.0 Å². The van der Waals surface area contributed by atoms with Crippen molar-refractivity contribution in [2.75, 3.05) is 31.1 Å². The van der Waals surface area contributed by atoms with Crippen molar-refractivity contribution in [3.8, 4) is 17.0 Å². The van der Waals surface area contributed by atoms with Crippen molar-refractivity contribution in [3.05, 3.63) is 70.9 Å². The van der Waals surface area contributed by atoms with Crippen LogP contribution in [0.25, 0.3) is 11.3 Å². The van der Waals surface area contributed by atoms with Crippen molar-refractivity contribution < 1.29 is 17.9 Å². The summed E-state index contributed by atoms with van der Waals surface area (Å²) in [6, 6.07) is 8.31. The third kappa shape index (κ3) is 4.85. The van der Waals surface area contributed by atoms with Gasteiger partial charge in [0.25, 0.3) is 0 Å². The third-order valence-electron chi connectivity index (χ3n) is 6.81. The van der Waals surface area contributed by atoms with E-state index < -0.39 is 11.6 Å². The zero-order valence-corrected chi connectivity index (χ0v) is 20.0. The van der Waals surface area contributed by atoms with E-state index in [0.29, 0.717) is 35.8 Å². The summed E-state index contributed by atoms with van der Waals surface area (Å²) in [6.07, 6.45) is 3.16. The Morgan fingerprint density at radius 2 is 1.86 bits per heavy atom. The van der Waals surface area contributed by atoms with E-state index in [1.54, 1.807) is 6.07 Å². The Morgan fingerprint density at radius 3 is 2.60 bits per heavy atom. The highest BCUT2D eigenvalue weighted by molar-refractivity contribution is 5.72. The van der Waals surface area contributed by atoms with Gasteiger partial charge in [0.1, 0.15) is 23.9 Å². The minimum absolute atomic E-state index is 0.0118. The van der Waals surface area contributed by atoms with Crippen molar-refractivity contribution in [2.45, 2.75) is 45.1 Å². The molecule has 2 aliphatic rings. The van der Waals surface area contributed by atoms with Gasteiger partial charge >= 0.3 is 0 Å². The zero-order valence-electron chi connectivity index (χ0n) is 20.0. The van der Waals surface area contributed by atoms with Crippen LogP contribution in [-0.2, 0) is 6.42 Å². The number of fused-ring (bicyclic) bond motifs is 1. The smallest absolute Gasteiger partial charge is 0.178 e. The molecule has 0 atom stereocenters. The van der Waals surface area contributed by atoms with E-state index in [-0.39, 0.29) is 35.6 Å². The second-order valence-corrected chi connectivity index (χ2v) is 9.48. The number of rotatable bonds is 5. The van der Waals surface area contributed by atoms with E-state index in [9.17, 15) is 13.2 Å². The van der Waals surface area contributed by atoms with Crippen LogP contribution in [0.5, 0.6) is 5.75 Å². The Bertz CT molecular complexity index is 1230. The van der Waals surface area contributed by atoms with E-state index in [0.717, 1.165) is 37.7 Å². The molecule has 0 bridgehead atoms. The van der Waals surface area contributed by atoms with Crippen molar-refractivity contribution in [1.29, 1.82) is 0 Å². The highest BCUT2D eigenvalue weighted by atomic mass is 19.1. The maximum atomic E-state index is 14.9. The lowest BCUT2D eigenvalue weighted by atomic mass is 9.89. The Kier molecular flexibility index (Phi) is 6.65. The molecule has 0 saturated carbocycles. The standard InChI is InChI=1S/C27H29F3N4O/c1-16(2)34-9-10-35-27-22(29)13-19(14-24(27)34)26-23(30)15-32-25(33-26)12-17-3-4-20(21(28)11-17)18-5-7-31-8-6-18/h3-4,11,13-16,18,31H,5-10,12H2,1-2H3. The predicted octanol–water partition coefficient (Wildman–Crippen LogP) is 5.23. The van der Waals surface area contributed by atoms with Crippen LogP contribution in [0.4, 0.5) is 18.9 Å². The molecule has 184 valence electrons. The summed E-state index contributed by atoms with van der Waals surface area (Å²) < 4.78 is 50.1. The number of anilines is 1. The highest BCUT2D eigenvalue weighted by Crippen LogP contribution is 2.39. The largest absolute Gasteiger partial charge is 0.486 e. The molecule has 5 rings (SSSR count). The third-order valence-corrected chi connectivity index (χ3v) is 6.81. The molecule has 8 heteroatoms. The summed E-state index contributed by atoms with van der Waals surface area (Å²) in [5.74, 6) is -0.709. The Hall–Kier alpha value is -3.13. The molecule has 2 aliphatic heterocycles. The quantitative estimate of drug-likeness (QED) is 0.540. The van der Waals surface area contributed by atoms with Crippen LogP contribution in [0.1, 0.15) is 49.6 Å². The summed E-state index contributed by atoms with van der Waals surface area (Å²) in [6.45, 7) is 6.81. The summed E-state index contributed by atoms with van der Waals surface area (Å²) in [5.41, 5.74) is 2.34. The first kappa shape index (κ1) is 23.6. The molecule has 1 N–H and O–H groups in total.